The van der Waals surface area contributed by atoms with Crippen LogP contribution in [0.15, 0.2) is 49.1 Å². The molecule has 0 amide bonds. The van der Waals surface area contributed by atoms with E-state index in [9.17, 15) is 0 Å². The van der Waals surface area contributed by atoms with Gasteiger partial charge < -0.3 is 15.5 Å². The number of benzene rings is 1. The molecule has 1 aromatic carbocycles. The number of hydrogen-bond donors (Lipinski definition) is 1. The number of nitrogens with two attached hydrogens (primary N) is 1. The van der Waals surface area contributed by atoms with Gasteiger partial charge in [0.25, 0.3) is 0 Å². The minimum absolute atomic E-state index is 0.146. The molecule has 190 valence electrons. The van der Waals surface area contributed by atoms with Gasteiger partial charge >= 0.3 is 0 Å². The zero-order valence-corrected chi connectivity index (χ0v) is 22.6. The highest BCUT2D eigenvalue weighted by Gasteiger charge is 2.24. The largest absolute Gasteiger partial charge is 0.366 e. The van der Waals surface area contributed by atoms with Crippen LogP contribution in [0.3, 0.4) is 0 Å². The summed E-state index contributed by atoms with van der Waals surface area (Å²) in [7, 11) is 4.33. The predicted molar refractivity (Wildman–Crippen MR) is 150 cm³/mol. The molecule has 3 rings (SSSR count). The van der Waals surface area contributed by atoms with Gasteiger partial charge in [-0.05, 0) is 82.7 Å². The highest BCUT2D eigenvalue weighted by molar-refractivity contribution is 5.66. The maximum atomic E-state index is 5.74. The lowest BCUT2D eigenvalue weighted by Crippen LogP contribution is -2.25. The van der Waals surface area contributed by atoms with E-state index in [0.29, 0.717) is 6.54 Å². The van der Waals surface area contributed by atoms with Gasteiger partial charge in [0.1, 0.15) is 5.82 Å². The number of nitrogens with zero attached hydrogens (tertiary/aromatic N) is 4. The number of hydrogen-bond acceptors (Lipinski definition) is 4. The molecule has 2 bridgehead atoms. The first-order chi connectivity index (χ1) is 16.8. The van der Waals surface area contributed by atoms with Crippen LogP contribution in [0.1, 0.15) is 79.6 Å². The van der Waals surface area contributed by atoms with E-state index in [1.165, 1.54) is 29.5 Å². The van der Waals surface area contributed by atoms with Crippen molar-refractivity contribution in [1.29, 1.82) is 0 Å². The maximum absolute atomic E-state index is 5.74. The molecule has 35 heavy (non-hydrogen) atoms. The predicted octanol–water partition coefficient (Wildman–Crippen LogP) is 6.31. The molecular formula is C30H45N5. The number of allylic oxidation sites excluding steroid dienone is 2. The van der Waals surface area contributed by atoms with Crippen LogP contribution in [-0.4, -0.2) is 46.8 Å². The van der Waals surface area contributed by atoms with Crippen LogP contribution in [0.4, 0.5) is 0 Å². The summed E-state index contributed by atoms with van der Waals surface area (Å²) in [4.78, 5) is 4.65. The molecule has 1 atom stereocenters. The van der Waals surface area contributed by atoms with Gasteiger partial charge in [0.05, 0.1) is 11.7 Å². The Morgan fingerprint density at radius 2 is 1.94 bits per heavy atom. The third kappa shape index (κ3) is 6.46. The zero-order chi connectivity index (χ0) is 25.5. The van der Waals surface area contributed by atoms with Gasteiger partial charge in [-0.3, -0.25) is 0 Å². The van der Waals surface area contributed by atoms with E-state index in [1.54, 1.807) is 0 Å². The fourth-order valence-corrected chi connectivity index (χ4v) is 5.00. The van der Waals surface area contributed by atoms with Gasteiger partial charge in [0, 0.05) is 37.6 Å². The zero-order valence-electron chi connectivity index (χ0n) is 22.6. The molecule has 1 aromatic heterocycles. The summed E-state index contributed by atoms with van der Waals surface area (Å²) in [5, 5.41) is 5.15. The first-order valence-electron chi connectivity index (χ1n) is 13.2. The molecule has 0 saturated heterocycles. The third-order valence-corrected chi connectivity index (χ3v) is 7.19. The second-order valence-corrected chi connectivity index (χ2v) is 10.0. The smallest absolute Gasteiger partial charge is 0.130 e. The molecular weight excluding hydrogens is 430 g/mol. The number of fused-ring (bicyclic) bond motifs is 3. The molecule has 5 heteroatoms. The fraction of sp³-hybridized carbons (Fsp3) is 0.500. The van der Waals surface area contributed by atoms with Crippen LogP contribution >= 0.6 is 0 Å². The van der Waals surface area contributed by atoms with Crippen LogP contribution < -0.4 is 5.73 Å². The summed E-state index contributed by atoms with van der Waals surface area (Å²) in [6, 6.07) is 9.19. The Balaban J connectivity index is 2.06. The SMILES string of the molecule is C=C(/C=C1/N(C)CCCCCc2ccc(C)cc2C(=C)N(C)C(CC)c2cc(C)n1n2)CCCN. The molecule has 0 fully saturated rings. The molecule has 2 N–H and O–H groups in total. The Hall–Kier alpha value is -2.79. The lowest BCUT2D eigenvalue weighted by molar-refractivity contribution is 0.337. The normalized spacial score (nSPS) is 18.9. The molecule has 5 nitrogen and oxygen atoms in total. The third-order valence-electron chi connectivity index (χ3n) is 7.19. The topological polar surface area (TPSA) is 50.3 Å². The van der Waals surface area contributed by atoms with E-state index < -0.39 is 0 Å². The highest BCUT2D eigenvalue weighted by atomic mass is 15.4. The lowest BCUT2D eigenvalue weighted by atomic mass is 9.96. The fourth-order valence-electron chi connectivity index (χ4n) is 5.00. The van der Waals surface area contributed by atoms with Gasteiger partial charge in [-0.25, -0.2) is 4.68 Å². The number of aryl methyl sites for hydroxylation is 3. The molecule has 1 aliphatic rings. The first kappa shape index (κ1) is 26.8. The molecule has 0 radical (unpaired) electrons. The molecule has 2 aromatic rings. The highest BCUT2D eigenvalue weighted by Crippen LogP contribution is 2.33. The Morgan fingerprint density at radius 3 is 2.66 bits per heavy atom. The Labute approximate surface area is 213 Å². The van der Waals surface area contributed by atoms with Crippen molar-refractivity contribution >= 4 is 11.5 Å². The quantitative estimate of drug-likeness (QED) is 0.551. The van der Waals surface area contributed by atoms with Gasteiger partial charge in [-0.1, -0.05) is 49.8 Å². The Kier molecular flexibility index (Phi) is 9.39. The minimum Gasteiger partial charge on any atom is -0.366 e. The van der Waals surface area contributed by atoms with Crippen LogP contribution in [0.2, 0.25) is 0 Å². The van der Waals surface area contributed by atoms with E-state index in [0.717, 1.165) is 67.1 Å². The summed E-state index contributed by atoms with van der Waals surface area (Å²) < 4.78 is 2.10. The van der Waals surface area contributed by atoms with Crippen LogP contribution in [0, 0.1) is 13.8 Å². The van der Waals surface area contributed by atoms with Crippen molar-refractivity contribution < 1.29 is 0 Å². The Bertz CT molecular complexity index is 1060. The Morgan fingerprint density at radius 1 is 1.17 bits per heavy atom. The van der Waals surface area contributed by atoms with Crippen molar-refractivity contribution in [3.8, 4) is 0 Å². The molecule has 1 aliphatic heterocycles. The molecule has 0 spiro atoms. The average molecular weight is 476 g/mol. The van der Waals surface area contributed by atoms with Crippen LogP contribution in [0.5, 0.6) is 0 Å². The number of rotatable bonds is 5. The van der Waals surface area contributed by atoms with E-state index in [2.05, 4.69) is 92.8 Å². The molecule has 1 unspecified atom stereocenters. The summed E-state index contributed by atoms with van der Waals surface area (Å²) >= 11 is 0. The molecule has 2 heterocycles. The van der Waals surface area contributed by atoms with Gasteiger partial charge in [0.2, 0.25) is 0 Å². The second kappa shape index (κ2) is 12.3. The van der Waals surface area contributed by atoms with Crippen molar-refractivity contribution in [3.05, 3.63) is 77.2 Å². The summed E-state index contributed by atoms with van der Waals surface area (Å²) in [5.41, 5.74) is 14.0. The maximum Gasteiger partial charge on any atom is 0.130 e. The van der Waals surface area contributed by atoms with Crippen molar-refractivity contribution in [2.75, 3.05) is 27.2 Å². The number of aromatic nitrogens is 2. The van der Waals surface area contributed by atoms with E-state index in [-0.39, 0.29) is 6.04 Å². The van der Waals surface area contributed by atoms with E-state index in [4.69, 9.17) is 10.8 Å². The second-order valence-electron chi connectivity index (χ2n) is 10.0. The molecule has 0 aliphatic carbocycles. The van der Waals surface area contributed by atoms with Gasteiger partial charge in [0.15, 0.2) is 0 Å². The summed E-state index contributed by atoms with van der Waals surface area (Å²) in [6.07, 6.45) is 9.56. The van der Waals surface area contributed by atoms with Gasteiger partial charge in [-0.15, -0.1) is 0 Å². The van der Waals surface area contributed by atoms with E-state index >= 15 is 0 Å². The van der Waals surface area contributed by atoms with Crippen molar-refractivity contribution in [2.24, 2.45) is 5.73 Å². The van der Waals surface area contributed by atoms with E-state index in [1.807, 2.05) is 0 Å². The monoisotopic (exact) mass is 475 g/mol. The van der Waals surface area contributed by atoms with Crippen LogP contribution in [-0.2, 0) is 6.42 Å². The van der Waals surface area contributed by atoms with Crippen LogP contribution in [0.25, 0.3) is 11.5 Å². The summed E-state index contributed by atoms with van der Waals surface area (Å²) in [5.74, 6) is 1.08. The first-order valence-corrected chi connectivity index (χ1v) is 13.2. The standard InChI is InChI=1S/C30H45N5/c1-8-29-28-21-24(4)35(32-28)30(20-22(2)13-12-17-31)33(6)18-11-9-10-14-26-16-15-23(3)19-27(26)25(5)34(29)7/h15-16,19-21,29H,2,5,8-14,17-18,31H2,1,3-4,6-7H3/b30-20-. The summed E-state index contributed by atoms with van der Waals surface area (Å²) in [6.45, 7) is 17.1. The van der Waals surface area contributed by atoms with Crippen molar-refractivity contribution in [2.45, 2.75) is 71.8 Å². The van der Waals surface area contributed by atoms with Crippen molar-refractivity contribution in [3.63, 3.8) is 0 Å². The van der Waals surface area contributed by atoms with Gasteiger partial charge in [-0.2, -0.15) is 5.10 Å². The lowest BCUT2D eigenvalue weighted by Gasteiger charge is -2.31. The molecule has 0 saturated carbocycles. The minimum atomic E-state index is 0.146. The van der Waals surface area contributed by atoms with Crippen molar-refractivity contribution in [1.82, 2.24) is 19.6 Å². The average Bonchev–Trinajstić information content (AvgIpc) is 3.21.